The molecule has 1 aromatic heterocycles. The molecule has 0 amide bonds. The molecule has 0 bridgehead atoms. The summed E-state index contributed by atoms with van der Waals surface area (Å²) in [6, 6.07) is 0. The fourth-order valence-corrected chi connectivity index (χ4v) is 1.40. The Balaban J connectivity index is 3.02. The molecule has 0 aliphatic rings. The molecule has 0 saturated carbocycles. The number of hydrogen-bond donors (Lipinski definition) is 0. The second-order valence-corrected chi connectivity index (χ2v) is 3.28. The second kappa shape index (κ2) is 3.92. The topological polar surface area (TPSA) is 25.8 Å². The minimum Gasteiger partial charge on any atom is -0.228 e. The second-order valence-electron chi connectivity index (χ2n) is 1.71. The molecule has 0 spiro atoms. The Hall–Kier alpha value is -0.290. The molecule has 0 radical (unpaired) electrons. The molecule has 0 unspecified atom stereocenters. The highest BCUT2D eigenvalue weighted by Crippen LogP contribution is 2.18. The largest absolute Gasteiger partial charge is 0.228 e. The predicted molar refractivity (Wildman–Crippen MR) is 45.6 cm³/mol. The van der Waals surface area contributed by atoms with Crippen LogP contribution in [-0.2, 0) is 0 Å². The summed E-state index contributed by atoms with van der Waals surface area (Å²) in [4.78, 5) is 7.72. The number of hydrogen-bond acceptors (Lipinski definition) is 4. The molecule has 0 atom stereocenters. The van der Waals surface area contributed by atoms with Crippen molar-refractivity contribution in [2.24, 2.45) is 0 Å². The van der Waals surface area contributed by atoms with Gasteiger partial charge in [0, 0.05) is 0 Å². The maximum absolute atomic E-state index is 12.8. The Morgan fingerprint density at radius 1 is 1.36 bits per heavy atom. The van der Waals surface area contributed by atoms with Crippen molar-refractivity contribution in [2.75, 3.05) is 12.5 Å². The van der Waals surface area contributed by atoms with Gasteiger partial charge < -0.3 is 0 Å². The smallest absolute Gasteiger partial charge is 0.188 e. The van der Waals surface area contributed by atoms with Crippen molar-refractivity contribution in [1.82, 2.24) is 9.97 Å². The predicted octanol–water partition coefficient (Wildman–Crippen LogP) is 2.06. The first-order chi connectivity index (χ1) is 5.27. The molecular weight excluding hydrogens is 183 g/mol. The van der Waals surface area contributed by atoms with E-state index in [0.717, 1.165) is 0 Å². The Kier molecular flexibility index (Phi) is 3.14. The summed E-state index contributed by atoms with van der Waals surface area (Å²) in [6.07, 6.45) is 4.84. The molecule has 11 heavy (non-hydrogen) atoms. The van der Waals surface area contributed by atoms with E-state index in [1.165, 1.54) is 29.7 Å². The first-order valence-electron chi connectivity index (χ1n) is 2.88. The van der Waals surface area contributed by atoms with Gasteiger partial charge in [0.2, 0.25) is 0 Å². The van der Waals surface area contributed by atoms with Crippen molar-refractivity contribution >= 4 is 23.5 Å². The maximum atomic E-state index is 12.8. The van der Waals surface area contributed by atoms with E-state index in [9.17, 15) is 4.39 Å². The van der Waals surface area contributed by atoms with Gasteiger partial charge >= 0.3 is 0 Å². The number of halogens is 1. The summed E-state index contributed by atoms with van der Waals surface area (Å²) in [5, 5.41) is 1.01. The molecular formula is C6H7FN2S2. The average molecular weight is 190 g/mol. The van der Waals surface area contributed by atoms with E-state index in [-0.39, 0.29) is 5.82 Å². The van der Waals surface area contributed by atoms with Gasteiger partial charge in [0.25, 0.3) is 0 Å². The standard InChI is InChI=1S/C6H7FN2S2/c1-10-5-4(7)3-8-6(9-5)11-2/h3H,1-2H3. The van der Waals surface area contributed by atoms with Crippen molar-refractivity contribution in [3.05, 3.63) is 12.0 Å². The zero-order chi connectivity index (χ0) is 8.27. The highest BCUT2D eigenvalue weighted by atomic mass is 32.2. The van der Waals surface area contributed by atoms with E-state index in [0.29, 0.717) is 10.2 Å². The van der Waals surface area contributed by atoms with Crippen LogP contribution in [0.15, 0.2) is 16.4 Å². The van der Waals surface area contributed by atoms with Gasteiger partial charge in [-0.3, -0.25) is 0 Å². The van der Waals surface area contributed by atoms with Crippen LogP contribution in [0.2, 0.25) is 0 Å². The van der Waals surface area contributed by atoms with Crippen LogP contribution >= 0.6 is 23.5 Å². The van der Waals surface area contributed by atoms with E-state index < -0.39 is 0 Å². The van der Waals surface area contributed by atoms with Crippen LogP contribution in [0.25, 0.3) is 0 Å². The molecule has 0 fully saturated rings. The van der Waals surface area contributed by atoms with Crippen molar-refractivity contribution in [3.8, 4) is 0 Å². The minimum atomic E-state index is -0.352. The molecule has 0 saturated heterocycles. The molecule has 1 heterocycles. The molecule has 0 aromatic carbocycles. The average Bonchev–Trinajstić information content (AvgIpc) is 2.05. The first-order valence-corrected chi connectivity index (χ1v) is 5.33. The first kappa shape index (κ1) is 8.80. The summed E-state index contributed by atoms with van der Waals surface area (Å²) in [5.41, 5.74) is 0. The quantitative estimate of drug-likeness (QED) is 0.405. The lowest BCUT2D eigenvalue weighted by Crippen LogP contribution is -1.91. The molecule has 5 heteroatoms. The lowest BCUT2D eigenvalue weighted by molar-refractivity contribution is 0.567. The fraction of sp³-hybridized carbons (Fsp3) is 0.333. The lowest BCUT2D eigenvalue weighted by atomic mass is 10.6. The molecule has 1 aromatic rings. The van der Waals surface area contributed by atoms with Gasteiger partial charge in [-0.25, -0.2) is 14.4 Å². The van der Waals surface area contributed by atoms with E-state index in [1.807, 2.05) is 6.26 Å². The van der Waals surface area contributed by atoms with E-state index in [1.54, 1.807) is 6.26 Å². The van der Waals surface area contributed by atoms with Crippen LogP contribution in [0.3, 0.4) is 0 Å². The highest BCUT2D eigenvalue weighted by Gasteiger charge is 2.03. The Labute approximate surface area is 73.0 Å². The Morgan fingerprint density at radius 3 is 2.64 bits per heavy atom. The number of aromatic nitrogens is 2. The normalized spacial score (nSPS) is 10.1. The number of nitrogens with zero attached hydrogens (tertiary/aromatic N) is 2. The summed E-state index contributed by atoms with van der Waals surface area (Å²) in [6.45, 7) is 0. The summed E-state index contributed by atoms with van der Waals surface area (Å²) >= 11 is 2.69. The number of thioether (sulfide) groups is 2. The van der Waals surface area contributed by atoms with Crippen molar-refractivity contribution in [3.63, 3.8) is 0 Å². The Bertz CT molecular complexity index is 254. The van der Waals surface area contributed by atoms with Gasteiger partial charge in [0.1, 0.15) is 5.03 Å². The van der Waals surface area contributed by atoms with E-state index in [4.69, 9.17) is 0 Å². The van der Waals surface area contributed by atoms with Gasteiger partial charge in [-0.2, -0.15) is 0 Å². The van der Waals surface area contributed by atoms with Crippen LogP contribution in [0.4, 0.5) is 4.39 Å². The lowest BCUT2D eigenvalue weighted by Gasteiger charge is -1.98. The molecule has 1 rings (SSSR count). The molecule has 0 aliphatic heterocycles. The van der Waals surface area contributed by atoms with Crippen LogP contribution in [-0.4, -0.2) is 22.5 Å². The van der Waals surface area contributed by atoms with Gasteiger partial charge in [0.15, 0.2) is 11.0 Å². The van der Waals surface area contributed by atoms with Crippen LogP contribution < -0.4 is 0 Å². The van der Waals surface area contributed by atoms with Crippen LogP contribution in [0.5, 0.6) is 0 Å². The SMILES string of the molecule is CSc1ncc(F)c(SC)n1. The van der Waals surface area contributed by atoms with E-state index >= 15 is 0 Å². The van der Waals surface area contributed by atoms with Crippen molar-refractivity contribution in [2.45, 2.75) is 10.2 Å². The third-order valence-electron chi connectivity index (χ3n) is 1.07. The van der Waals surface area contributed by atoms with Crippen molar-refractivity contribution in [1.29, 1.82) is 0 Å². The summed E-state index contributed by atoms with van der Waals surface area (Å²) < 4.78 is 12.8. The van der Waals surface area contributed by atoms with Crippen molar-refractivity contribution < 1.29 is 4.39 Å². The monoisotopic (exact) mass is 190 g/mol. The number of rotatable bonds is 2. The Morgan fingerprint density at radius 2 is 2.09 bits per heavy atom. The van der Waals surface area contributed by atoms with Gasteiger partial charge in [-0.1, -0.05) is 11.8 Å². The van der Waals surface area contributed by atoms with E-state index in [2.05, 4.69) is 9.97 Å². The fourth-order valence-electron chi connectivity index (χ4n) is 0.578. The summed E-state index contributed by atoms with van der Waals surface area (Å²) in [7, 11) is 0. The van der Waals surface area contributed by atoms with Gasteiger partial charge in [-0.05, 0) is 12.5 Å². The maximum Gasteiger partial charge on any atom is 0.188 e. The van der Waals surface area contributed by atoms with Crippen LogP contribution in [0.1, 0.15) is 0 Å². The van der Waals surface area contributed by atoms with Crippen LogP contribution in [0, 0.1) is 5.82 Å². The minimum absolute atomic E-state index is 0.352. The van der Waals surface area contributed by atoms with Gasteiger partial charge in [-0.15, -0.1) is 11.8 Å². The molecule has 2 nitrogen and oxygen atoms in total. The zero-order valence-corrected chi connectivity index (χ0v) is 7.80. The third kappa shape index (κ3) is 2.07. The molecule has 0 N–H and O–H groups in total. The molecule has 60 valence electrons. The van der Waals surface area contributed by atoms with Gasteiger partial charge in [0.05, 0.1) is 6.20 Å². The molecule has 0 aliphatic carbocycles. The third-order valence-corrected chi connectivity index (χ3v) is 2.30. The zero-order valence-electron chi connectivity index (χ0n) is 6.17. The summed E-state index contributed by atoms with van der Waals surface area (Å²) in [5.74, 6) is -0.352. The highest BCUT2D eigenvalue weighted by molar-refractivity contribution is 7.99.